The van der Waals surface area contributed by atoms with Crippen LogP contribution in [0.2, 0.25) is 10.0 Å². The maximum atomic E-state index is 11.9. The molecule has 3 rings (SSSR count). The van der Waals surface area contributed by atoms with E-state index in [0.717, 1.165) is 4.90 Å². The van der Waals surface area contributed by atoms with E-state index in [1.807, 2.05) is 30.5 Å². The lowest BCUT2D eigenvalue weighted by Crippen LogP contribution is -2.59. The van der Waals surface area contributed by atoms with Crippen LogP contribution in [0.3, 0.4) is 0 Å². The molecule has 2 aromatic carbocycles. The minimum atomic E-state index is -0.573. The number of benzene rings is 2. The van der Waals surface area contributed by atoms with Crippen molar-refractivity contribution in [2.75, 3.05) is 17.8 Å². The van der Waals surface area contributed by atoms with Gasteiger partial charge in [-0.25, -0.2) is 15.2 Å². The molecular weight excluding hydrogens is 401 g/mol. The zero-order valence-corrected chi connectivity index (χ0v) is 16.2. The van der Waals surface area contributed by atoms with Gasteiger partial charge < -0.3 is 0 Å². The quantitative estimate of drug-likeness (QED) is 0.725. The number of anilines is 1. The maximum Gasteiger partial charge on any atom is 0.343 e. The molecule has 0 bridgehead atoms. The number of hydrogen-bond acceptors (Lipinski definition) is 5. The highest BCUT2D eigenvalue weighted by molar-refractivity contribution is 7.99. The molecule has 25 heavy (non-hydrogen) atoms. The van der Waals surface area contributed by atoms with Crippen LogP contribution in [0.4, 0.5) is 10.5 Å². The third-order valence-electron chi connectivity index (χ3n) is 3.37. The number of imide groups is 1. The van der Waals surface area contributed by atoms with Gasteiger partial charge in [-0.3, -0.25) is 10.1 Å². The van der Waals surface area contributed by atoms with Gasteiger partial charge in [0.15, 0.2) is 0 Å². The number of halogens is 2. The Labute approximate surface area is 163 Å². The van der Waals surface area contributed by atoms with Crippen LogP contribution in [-0.2, 0) is 4.79 Å². The molecule has 0 atom stereocenters. The van der Waals surface area contributed by atoms with Gasteiger partial charge in [0.25, 0.3) is 0 Å². The molecule has 2 aromatic rings. The molecule has 1 aliphatic heterocycles. The largest absolute Gasteiger partial charge is 0.343 e. The molecule has 9 heteroatoms. The fraction of sp³-hybridized carbons (Fsp3) is 0.125. The fourth-order valence-electron chi connectivity index (χ4n) is 2.19. The van der Waals surface area contributed by atoms with E-state index >= 15 is 0 Å². The molecule has 5 nitrogen and oxygen atoms in total. The number of amides is 3. The molecule has 3 amide bonds. The van der Waals surface area contributed by atoms with Gasteiger partial charge in [0.1, 0.15) is 0 Å². The molecule has 2 N–H and O–H groups in total. The second-order valence-electron chi connectivity index (χ2n) is 5.04. The second kappa shape index (κ2) is 7.88. The first-order valence-electron chi connectivity index (χ1n) is 7.16. The number of nitrogens with zero attached hydrogens (tertiary/aromatic N) is 1. The highest BCUT2D eigenvalue weighted by Crippen LogP contribution is 2.41. The molecule has 0 radical (unpaired) electrons. The van der Waals surface area contributed by atoms with E-state index < -0.39 is 6.03 Å². The first kappa shape index (κ1) is 18.4. The lowest BCUT2D eigenvalue weighted by Gasteiger charge is -2.27. The van der Waals surface area contributed by atoms with E-state index in [4.69, 9.17) is 23.2 Å². The lowest BCUT2D eigenvalue weighted by atomic mass is 10.3. The van der Waals surface area contributed by atoms with E-state index in [0.29, 0.717) is 20.6 Å². The smallest absolute Gasteiger partial charge is 0.275 e. The highest BCUT2D eigenvalue weighted by Gasteiger charge is 2.25. The first-order valence-corrected chi connectivity index (χ1v) is 9.96. The van der Waals surface area contributed by atoms with Gasteiger partial charge in [0.05, 0.1) is 22.3 Å². The lowest BCUT2D eigenvalue weighted by molar-refractivity contribution is -0.119. The second-order valence-corrected chi connectivity index (χ2v) is 7.82. The number of hydrogen-bond donors (Lipinski definition) is 2. The minimum Gasteiger partial charge on any atom is -0.275 e. The first-order chi connectivity index (χ1) is 12.0. The minimum absolute atomic E-state index is 0.000726. The monoisotopic (exact) mass is 413 g/mol. The standard InChI is InChI=1S/C16H13Cl2N3O2S2/c1-24-10-2-4-11(5-3-10)25-15-12(17)6-9(7-13(15)18)21-16(23)20-14(22)8-19-21/h2-7,19H,8H2,1H3,(H,20,22,23). The number of thioether (sulfide) groups is 1. The zero-order chi connectivity index (χ0) is 18.0. The van der Waals surface area contributed by atoms with Gasteiger partial charge in [-0.2, -0.15) is 0 Å². The Kier molecular flexibility index (Phi) is 5.81. The van der Waals surface area contributed by atoms with Crippen LogP contribution >= 0.6 is 46.7 Å². The molecule has 1 saturated heterocycles. The summed E-state index contributed by atoms with van der Waals surface area (Å²) >= 11 is 15.9. The summed E-state index contributed by atoms with van der Waals surface area (Å²) < 4.78 is 0. The van der Waals surface area contributed by atoms with Crippen molar-refractivity contribution in [3.05, 3.63) is 46.4 Å². The molecule has 1 fully saturated rings. The number of hydrazine groups is 1. The number of urea groups is 1. The Morgan fingerprint density at radius 1 is 1.04 bits per heavy atom. The number of nitrogens with one attached hydrogen (secondary N) is 2. The Bertz CT molecular complexity index is 808. The van der Waals surface area contributed by atoms with Crippen LogP contribution < -0.4 is 15.8 Å². The van der Waals surface area contributed by atoms with Gasteiger partial charge >= 0.3 is 6.03 Å². The predicted molar refractivity (Wildman–Crippen MR) is 103 cm³/mol. The third-order valence-corrected chi connectivity index (χ3v) is 6.08. The summed E-state index contributed by atoms with van der Waals surface area (Å²) in [6.07, 6.45) is 2.02. The number of rotatable bonds is 4. The normalized spacial score (nSPS) is 14.6. The Morgan fingerprint density at radius 2 is 1.64 bits per heavy atom. The average Bonchev–Trinajstić information content (AvgIpc) is 2.58. The van der Waals surface area contributed by atoms with Crippen LogP contribution in [0, 0.1) is 0 Å². The van der Waals surface area contributed by atoms with Crippen molar-refractivity contribution >= 4 is 64.4 Å². The van der Waals surface area contributed by atoms with Gasteiger partial charge in [0, 0.05) is 14.7 Å². The molecule has 0 saturated carbocycles. The fourth-order valence-corrected chi connectivity index (χ4v) is 4.12. The number of carbonyl (C=O) groups excluding carboxylic acids is 2. The van der Waals surface area contributed by atoms with E-state index in [2.05, 4.69) is 10.7 Å². The van der Waals surface area contributed by atoms with Crippen molar-refractivity contribution in [3.63, 3.8) is 0 Å². The maximum absolute atomic E-state index is 11.9. The number of carbonyl (C=O) groups is 2. The third kappa shape index (κ3) is 4.24. The summed E-state index contributed by atoms with van der Waals surface area (Å²) in [4.78, 5) is 26.0. The SMILES string of the molecule is CSc1ccc(Sc2c(Cl)cc(N3NCC(=O)NC3=O)cc2Cl)cc1. The van der Waals surface area contributed by atoms with Crippen molar-refractivity contribution in [2.45, 2.75) is 14.7 Å². The molecule has 1 aliphatic rings. The van der Waals surface area contributed by atoms with Crippen molar-refractivity contribution in [1.29, 1.82) is 0 Å². The van der Waals surface area contributed by atoms with Crippen LogP contribution in [0.15, 0.2) is 51.1 Å². The predicted octanol–water partition coefficient (Wildman–Crippen LogP) is 4.43. The molecule has 0 spiro atoms. The van der Waals surface area contributed by atoms with Crippen LogP contribution in [0.25, 0.3) is 0 Å². The van der Waals surface area contributed by atoms with Crippen LogP contribution in [0.1, 0.15) is 0 Å². The van der Waals surface area contributed by atoms with Crippen molar-refractivity contribution in [3.8, 4) is 0 Å². The summed E-state index contributed by atoms with van der Waals surface area (Å²) in [6.45, 7) is -0.000726. The van der Waals surface area contributed by atoms with E-state index in [1.165, 1.54) is 21.7 Å². The Morgan fingerprint density at radius 3 is 2.20 bits per heavy atom. The van der Waals surface area contributed by atoms with Gasteiger partial charge in [-0.1, -0.05) is 35.0 Å². The zero-order valence-electron chi connectivity index (χ0n) is 13.0. The molecule has 0 aliphatic carbocycles. The van der Waals surface area contributed by atoms with E-state index in [-0.39, 0.29) is 12.5 Å². The van der Waals surface area contributed by atoms with Crippen molar-refractivity contribution in [1.82, 2.24) is 10.7 Å². The van der Waals surface area contributed by atoms with Gasteiger partial charge in [-0.15, -0.1) is 11.8 Å². The summed E-state index contributed by atoms with van der Waals surface area (Å²) in [5.41, 5.74) is 3.18. The average molecular weight is 414 g/mol. The molecule has 0 unspecified atom stereocenters. The Hall–Kier alpha value is -1.38. The van der Waals surface area contributed by atoms with Crippen molar-refractivity contribution < 1.29 is 9.59 Å². The summed E-state index contributed by atoms with van der Waals surface area (Å²) in [6, 6.07) is 10.8. The summed E-state index contributed by atoms with van der Waals surface area (Å²) in [5.74, 6) is -0.390. The summed E-state index contributed by atoms with van der Waals surface area (Å²) in [5, 5.41) is 4.28. The van der Waals surface area contributed by atoms with Crippen LogP contribution in [-0.4, -0.2) is 24.7 Å². The van der Waals surface area contributed by atoms with Gasteiger partial charge in [0.2, 0.25) is 5.91 Å². The van der Waals surface area contributed by atoms with Gasteiger partial charge in [-0.05, 0) is 42.7 Å². The highest BCUT2D eigenvalue weighted by atomic mass is 35.5. The molecular formula is C16H13Cl2N3O2S2. The summed E-state index contributed by atoms with van der Waals surface area (Å²) in [7, 11) is 0. The van der Waals surface area contributed by atoms with Crippen molar-refractivity contribution in [2.24, 2.45) is 0 Å². The molecule has 0 aromatic heterocycles. The van der Waals surface area contributed by atoms with E-state index in [1.54, 1.807) is 23.9 Å². The molecule has 130 valence electrons. The van der Waals surface area contributed by atoms with E-state index in [9.17, 15) is 9.59 Å². The van der Waals surface area contributed by atoms with Crippen LogP contribution in [0.5, 0.6) is 0 Å². The molecule has 1 heterocycles. The topological polar surface area (TPSA) is 61.4 Å². The Balaban J connectivity index is 1.84.